The van der Waals surface area contributed by atoms with E-state index in [0.29, 0.717) is 19.7 Å². The molecule has 0 radical (unpaired) electrons. The quantitative estimate of drug-likeness (QED) is 0.925. The van der Waals surface area contributed by atoms with E-state index in [4.69, 9.17) is 4.74 Å². The third-order valence-corrected chi connectivity index (χ3v) is 4.94. The third-order valence-electron chi connectivity index (χ3n) is 4.94. The molecule has 1 saturated heterocycles. The maximum absolute atomic E-state index is 12.8. The van der Waals surface area contributed by atoms with Gasteiger partial charge in [0, 0.05) is 12.7 Å². The molecule has 1 fully saturated rings. The minimum absolute atomic E-state index is 0.0747. The summed E-state index contributed by atoms with van der Waals surface area (Å²) in [6, 6.07) is 5.49. The first-order valence-corrected chi connectivity index (χ1v) is 8.92. The maximum atomic E-state index is 12.8. The molecule has 1 aliphatic rings. The number of amides is 2. The van der Waals surface area contributed by atoms with Crippen LogP contribution in [0, 0.1) is 5.92 Å². The zero-order valence-corrected chi connectivity index (χ0v) is 15.4. The number of nitrogens with one attached hydrogen (secondary N) is 1. The Balaban J connectivity index is 1.79. The highest BCUT2D eigenvalue weighted by molar-refractivity contribution is 5.75. The average Bonchev–Trinajstić information content (AvgIpc) is 3.03. The van der Waals surface area contributed by atoms with Crippen LogP contribution in [0.4, 0.5) is 4.79 Å². The van der Waals surface area contributed by atoms with Gasteiger partial charge < -0.3 is 15.0 Å². The summed E-state index contributed by atoms with van der Waals surface area (Å²) >= 11 is 0. The molecule has 1 aliphatic heterocycles. The number of aromatic nitrogens is 3. The Hall–Kier alpha value is -2.15. The normalized spacial score (nSPS) is 22.4. The predicted octanol–water partition coefficient (Wildman–Crippen LogP) is 2.64. The van der Waals surface area contributed by atoms with Crippen LogP contribution in [0.2, 0.25) is 0 Å². The molecular weight excluding hydrogens is 318 g/mol. The Labute approximate surface area is 148 Å². The molecule has 2 amide bonds. The van der Waals surface area contributed by atoms with E-state index < -0.39 is 0 Å². The summed E-state index contributed by atoms with van der Waals surface area (Å²) in [4.78, 5) is 14.7. The van der Waals surface area contributed by atoms with E-state index >= 15 is 0 Å². The molecule has 2 aromatic rings. The van der Waals surface area contributed by atoms with Gasteiger partial charge in [-0.25, -0.2) is 4.79 Å². The van der Waals surface area contributed by atoms with Gasteiger partial charge >= 0.3 is 6.03 Å². The van der Waals surface area contributed by atoms with Crippen LogP contribution >= 0.6 is 0 Å². The fourth-order valence-corrected chi connectivity index (χ4v) is 3.14. The van der Waals surface area contributed by atoms with Gasteiger partial charge in [-0.2, -0.15) is 0 Å². The summed E-state index contributed by atoms with van der Waals surface area (Å²) in [7, 11) is 0. The number of morpholine rings is 1. The molecule has 0 aromatic carbocycles. The standard InChI is InChI=1S/C18H27N5O2/c1-5-18(4)12-22(10-11-25-18)17(24)19-15(13(2)3)16-21-20-14-8-6-7-9-23(14)16/h6-9,13,15H,5,10-12H2,1-4H3,(H,19,24)/t15-,18-/m1/s1. The fourth-order valence-electron chi connectivity index (χ4n) is 3.14. The van der Waals surface area contributed by atoms with E-state index in [9.17, 15) is 4.79 Å². The van der Waals surface area contributed by atoms with Crippen LogP contribution in [0.25, 0.3) is 5.65 Å². The van der Waals surface area contributed by atoms with Gasteiger partial charge in [-0.05, 0) is 31.4 Å². The molecule has 0 aliphatic carbocycles. The van der Waals surface area contributed by atoms with Crippen molar-refractivity contribution in [1.29, 1.82) is 0 Å². The second kappa shape index (κ2) is 7.00. The van der Waals surface area contributed by atoms with Crippen LogP contribution in [0.5, 0.6) is 0 Å². The molecule has 7 nitrogen and oxygen atoms in total. The minimum Gasteiger partial charge on any atom is -0.372 e. The van der Waals surface area contributed by atoms with Gasteiger partial charge in [-0.15, -0.1) is 10.2 Å². The van der Waals surface area contributed by atoms with Crippen molar-refractivity contribution in [3.8, 4) is 0 Å². The van der Waals surface area contributed by atoms with Gasteiger partial charge in [0.2, 0.25) is 0 Å². The van der Waals surface area contributed by atoms with E-state index in [1.54, 1.807) is 0 Å². The Morgan fingerprint density at radius 2 is 2.20 bits per heavy atom. The smallest absolute Gasteiger partial charge is 0.318 e. The summed E-state index contributed by atoms with van der Waals surface area (Å²) in [5.74, 6) is 0.945. The first kappa shape index (κ1) is 17.7. The van der Waals surface area contributed by atoms with Crippen LogP contribution in [-0.4, -0.2) is 50.8 Å². The van der Waals surface area contributed by atoms with Crippen molar-refractivity contribution < 1.29 is 9.53 Å². The lowest BCUT2D eigenvalue weighted by molar-refractivity contribution is -0.0875. The summed E-state index contributed by atoms with van der Waals surface area (Å²) in [5.41, 5.74) is 0.507. The molecule has 25 heavy (non-hydrogen) atoms. The van der Waals surface area contributed by atoms with Crippen molar-refractivity contribution in [1.82, 2.24) is 24.8 Å². The molecule has 2 aromatic heterocycles. The monoisotopic (exact) mass is 345 g/mol. The SMILES string of the molecule is CC[C@]1(C)CN(C(=O)N[C@@H](c2nnc3ccccn23)C(C)C)CCO1. The number of fused-ring (bicyclic) bond motifs is 1. The van der Waals surface area contributed by atoms with Gasteiger partial charge in [-0.3, -0.25) is 4.40 Å². The number of ether oxygens (including phenoxy) is 1. The number of hydrogen-bond acceptors (Lipinski definition) is 4. The highest BCUT2D eigenvalue weighted by atomic mass is 16.5. The second-order valence-electron chi connectivity index (χ2n) is 7.23. The summed E-state index contributed by atoms with van der Waals surface area (Å²) in [6.07, 6.45) is 2.80. The van der Waals surface area contributed by atoms with E-state index in [-0.39, 0.29) is 23.6 Å². The molecule has 3 heterocycles. The van der Waals surface area contributed by atoms with Gasteiger partial charge in [0.25, 0.3) is 0 Å². The Morgan fingerprint density at radius 1 is 1.40 bits per heavy atom. The molecule has 0 bridgehead atoms. The Kier molecular flexibility index (Phi) is 4.94. The average molecular weight is 345 g/mol. The predicted molar refractivity (Wildman–Crippen MR) is 95.3 cm³/mol. The summed E-state index contributed by atoms with van der Waals surface area (Å²) < 4.78 is 7.76. The van der Waals surface area contributed by atoms with Crippen molar-refractivity contribution in [3.05, 3.63) is 30.2 Å². The summed E-state index contributed by atoms with van der Waals surface area (Å²) in [5, 5.41) is 11.7. The zero-order chi connectivity index (χ0) is 18.0. The molecule has 1 N–H and O–H groups in total. The van der Waals surface area contributed by atoms with Gasteiger partial charge in [-0.1, -0.05) is 26.8 Å². The number of carbonyl (C=O) groups is 1. The zero-order valence-electron chi connectivity index (χ0n) is 15.4. The lowest BCUT2D eigenvalue weighted by Crippen LogP contribution is -2.55. The van der Waals surface area contributed by atoms with Crippen molar-refractivity contribution in [2.45, 2.75) is 45.8 Å². The minimum atomic E-state index is -0.273. The molecular formula is C18H27N5O2. The number of hydrogen-bond donors (Lipinski definition) is 1. The lowest BCUT2D eigenvalue weighted by atomic mass is 10.0. The Bertz CT molecular complexity index is 744. The molecule has 136 valence electrons. The van der Waals surface area contributed by atoms with Crippen molar-refractivity contribution >= 4 is 11.7 Å². The van der Waals surface area contributed by atoms with Crippen molar-refractivity contribution in [2.24, 2.45) is 5.92 Å². The number of pyridine rings is 1. The van der Waals surface area contributed by atoms with Crippen LogP contribution in [0.15, 0.2) is 24.4 Å². The first-order valence-electron chi connectivity index (χ1n) is 8.92. The maximum Gasteiger partial charge on any atom is 0.318 e. The lowest BCUT2D eigenvalue weighted by Gasteiger charge is -2.40. The molecule has 0 spiro atoms. The van der Waals surface area contributed by atoms with Gasteiger partial charge in [0.1, 0.15) is 0 Å². The van der Waals surface area contributed by atoms with Crippen molar-refractivity contribution in [2.75, 3.05) is 19.7 Å². The first-order chi connectivity index (χ1) is 11.9. The van der Waals surface area contributed by atoms with Crippen LogP contribution in [-0.2, 0) is 4.74 Å². The highest BCUT2D eigenvalue weighted by Gasteiger charge is 2.34. The van der Waals surface area contributed by atoms with Gasteiger partial charge in [0.15, 0.2) is 11.5 Å². The molecule has 3 rings (SSSR count). The van der Waals surface area contributed by atoms with Crippen LogP contribution in [0.3, 0.4) is 0 Å². The molecule has 7 heteroatoms. The Morgan fingerprint density at radius 3 is 2.92 bits per heavy atom. The van der Waals surface area contributed by atoms with Crippen molar-refractivity contribution in [3.63, 3.8) is 0 Å². The fraction of sp³-hybridized carbons (Fsp3) is 0.611. The molecule has 0 unspecified atom stereocenters. The molecule has 0 saturated carbocycles. The van der Waals surface area contributed by atoms with E-state index in [1.807, 2.05) is 33.7 Å². The van der Waals surface area contributed by atoms with Crippen LogP contribution < -0.4 is 5.32 Å². The molecule has 2 atom stereocenters. The topological polar surface area (TPSA) is 71.8 Å². The summed E-state index contributed by atoms with van der Waals surface area (Å²) in [6.45, 7) is 10.1. The van der Waals surface area contributed by atoms with E-state index in [1.165, 1.54) is 0 Å². The number of rotatable bonds is 4. The largest absolute Gasteiger partial charge is 0.372 e. The number of carbonyl (C=O) groups excluding carboxylic acids is 1. The van der Waals surface area contributed by atoms with E-state index in [2.05, 4.69) is 43.2 Å². The van der Waals surface area contributed by atoms with Crippen LogP contribution in [0.1, 0.15) is 46.0 Å². The highest BCUT2D eigenvalue weighted by Crippen LogP contribution is 2.24. The second-order valence-corrected chi connectivity index (χ2v) is 7.23. The number of nitrogens with zero attached hydrogens (tertiary/aromatic N) is 4. The van der Waals surface area contributed by atoms with Gasteiger partial charge in [0.05, 0.1) is 24.8 Å². The number of urea groups is 1. The van der Waals surface area contributed by atoms with E-state index in [0.717, 1.165) is 17.9 Å². The third kappa shape index (κ3) is 3.61.